The first kappa shape index (κ1) is 14.9. The van der Waals surface area contributed by atoms with E-state index in [9.17, 15) is 13.2 Å². The average Bonchev–Trinajstić information content (AvgIpc) is 2.45. The van der Waals surface area contributed by atoms with Crippen LogP contribution in [-0.2, 0) is 4.74 Å². The van der Waals surface area contributed by atoms with Crippen LogP contribution in [0.5, 0.6) is 0 Å². The normalized spacial score (nSPS) is 20.4. The van der Waals surface area contributed by atoms with Crippen molar-refractivity contribution in [1.82, 2.24) is 0 Å². The molecule has 1 nitrogen and oxygen atoms in total. The summed E-state index contributed by atoms with van der Waals surface area (Å²) in [6.45, 7) is 8.90. The number of hydrogen-bond acceptors (Lipinski definition) is 1. The Labute approximate surface area is 116 Å². The van der Waals surface area contributed by atoms with Crippen molar-refractivity contribution in [3.05, 3.63) is 59.3 Å². The molecular weight excluding hydrogens is 265 g/mol. The van der Waals surface area contributed by atoms with Crippen LogP contribution in [0, 0.1) is 0 Å². The lowest BCUT2D eigenvalue weighted by Gasteiger charge is -2.24. The van der Waals surface area contributed by atoms with Crippen LogP contribution in [0.4, 0.5) is 13.2 Å². The van der Waals surface area contributed by atoms with Gasteiger partial charge in [0.2, 0.25) is 0 Å². The van der Waals surface area contributed by atoms with Crippen molar-refractivity contribution in [2.24, 2.45) is 0 Å². The number of allylic oxidation sites excluding steroid dienone is 5. The third kappa shape index (κ3) is 3.12. The largest absolute Gasteiger partial charge is 0.412 e. The van der Waals surface area contributed by atoms with Gasteiger partial charge in [-0.15, -0.1) is 0 Å². The van der Waals surface area contributed by atoms with Crippen molar-refractivity contribution in [3.63, 3.8) is 0 Å². The molecule has 0 bridgehead atoms. The second kappa shape index (κ2) is 5.83. The molecule has 0 aromatic carbocycles. The van der Waals surface area contributed by atoms with Gasteiger partial charge in [-0.05, 0) is 41.6 Å². The van der Waals surface area contributed by atoms with Gasteiger partial charge in [0.25, 0.3) is 0 Å². The van der Waals surface area contributed by atoms with Crippen molar-refractivity contribution in [3.8, 4) is 0 Å². The molecule has 0 amide bonds. The van der Waals surface area contributed by atoms with Crippen LogP contribution < -0.4 is 0 Å². The van der Waals surface area contributed by atoms with E-state index < -0.39 is 11.7 Å². The zero-order valence-electron chi connectivity index (χ0n) is 11.2. The highest BCUT2D eigenvalue weighted by Crippen LogP contribution is 2.37. The highest BCUT2D eigenvalue weighted by atomic mass is 19.4. The fraction of sp³-hybridized carbons (Fsp3) is 0.375. The zero-order chi connectivity index (χ0) is 14.8. The second-order valence-corrected chi connectivity index (χ2v) is 4.87. The monoisotopic (exact) mass is 282 g/mol. The summed E-state index contributed by atoms with van der Waals surface area (Å²) in [7, 11) is 0. The third-order valence-electron chi connectivity index (χ3n) is 3.65. The van der Waals surface area contributed by atoms with Gasteiger partial charge in [0.05, 0.1) is 13.2 Å². The van der Waals surface area contributed by atoms with Gasteiger partial charge >= 0.3 is 6.18 Å². The fourth-order valence-electron chi connectivity index (χ4n) is 2.45. The Bertz CT molecular complexity index is 518. The van der Waals surface area contributed by atoms with Gasteiger partial charge < -0.3 is 4.74 Å². The number of rotatable bonds is 3. The molecule has 0 N–H and O–H groups in total. The molecule has 0 atom stereocenters. The van der Waals surface area contributed by atoms with Gasteiger partial charge in [-0.3, -0.25) is 0 Å². The summed E-state index contributed by atoms with van der Waals surface area (Å²) in [4.78, 5) is 0. The lowest BCUT2D eigenvalue weighted by atomic mass is 9.86. The lowest BCUT2D eigenvalue weighted by Crippen LogP contribution is -2.15. The molecule has 4 heteroatoms. The summed E-state index contributed by atoms with van der Waals surface area (Å²) in [5, 5.41) is 0. The van der Waals surface area contributed by atoms with E-state index in [1.807, 2.05) is 0 Å². The quantitative estimate of drug-likeness (QED) is 0.732. The number of ether oxygens (including phenoxy) is 1. The van der Waals surface area contributed by atoms with Crippen LogP contribution in [-0.4, -0.2) is 19.4 Å². The maximum atomic E-state index is 12.6. The fourth-order valence-corrected chi connectivity index (χ4v) is 2.45. The van der Waals surface area contributed by atoms with Gasteiger partial charge in [0.1, 0.15) is 0 Å². The summed E-state index contributed by atoms with van der Waals surface area (Å²) >= 11 is 0. The van der Waals surface area contributed by atoms with E-state index in [0.717, 1.165) is 34.8 Å². The van der Waals surface area contributed by atoms with Gasteiger partial charge in [-0.25, -0.2) is 0 Å². The Morgan fingerprint density at radius 1 is 1.20 bits per heavy atom. The standard InChI is InChI=1S/C16H17F3O/c1-3-12-10-20-9-8-15(12)11(2)13-4-6-14(7-5-13)16(17,18)19/h3-4,6H,1-2,5,7-10H2. The van der Waals surface area contributed by atoms with Crippen LogP contribution >= 0.6 is 0 Å². The molecule has 1 heterocycles. The Kier molecular flexibility index (Phi) is 4.33. The average molecular weight is 282 g/mol. The van der Waals surface area contributed by atoms with Crippen LogP contribution in [0.2, 0.25) is 0 Å². The Morgan fingerprint density at radius 3 is 2.50 bits per heavy atom. The van der Waals surface area contributed by atoms with E-state index in [0.29, 0.717) is 19.6 Å². The first-order valence-corrected chi connectivity index (χ1v) is 6.52. The molecule has 20 heavy (non-hydrogen) atoms. The van der Waals surface area contributed by atoms with Crippen molar-refractivity contribution < 1.29 is 17.9 Å². The summed E-state index contributed by atoms with van der Waals surface area (Å²) in [5.41, 5.74) is 3.25. The van der Waals surface area contributed by atoms with Crippen molar-refractivity contribution in [2.45, 2.75) is 25.4 Å². The molecular formula is C16H17F3O. The molecule has 0 radical (unpaired) electrons. The molecule has 0 saturated carbocycles. The third-order valence-corrected chi connectivity index (χ3v) is 3.65. The summed E-state index contributed by atoms with van der Waals surface area (Å²) in [6, 6.07) is 0. The summed E-state index contributed by atoms with van der Waals surface area (Å²) in [5.74, 6) is 0. The molecule has 0 aromatic heterocycles. The van der Waals surface area contributed by atoms with Crippen molar-refractivity contribution >= 4 is 0 Å². The first-order valence-electron chi connectivity index (χ1n) is 6.52. The SMILES string of the molecule is C=CC1=C(C(=C)C2=CC=C(C(F)(F)F)CC2)CCOC1. The van der Waals surface area contributed by atoms with Gasteiger partial charge in [0, 0.05) is 5.57 Å². The highest BCUT2D eigenvalue weighted by molar-refractivity contribution is 5.52. The van der Waals surface area contributed by atoms with Crippen LogP contribution in [0.25, 0.3) is 0 Å². The molecule has 0 aromatic rings. The Hall–Kier alpha value is -1.55. The topological polar surface area (TPSA) is 9.23 Å². The second-order valence-electron chi connectivity index (χ2n) is 4.87. The van der Waals surface area contributed by atoms with E-state index in [4.69, 9.17) is 4.74 Å². The molecule has 1 aliphatic heterocycles. The van der Waals surface area contributed by atoms with Gasteiger partial charge in [0.15, 0.2) is 0 Å². The Balaban J connectivity index is 2.23. The summed E-state index contributed by atoms with van der Waals surface area (Å²) in [6.07, 6.45) is 1.33. The number of alkyl halides is 3. The summed E-state index contributed by atoms with van der Waals surface area (Å²) < 4.78 is 43.1. The molecule has 0 spiro atoms. The van der Waals surface area contributed by atoms with E-state index in [1.165, 1.54) is 6.08 Å². The van der Waals surface area contributed by atoms with Crippen molar-refractivity contribution in [1.29, 1.82) is 0 Å². The number of halogens is 3. The molecule has 2 aliphatic rings. The van der Waals surface area contributed by atoms with Gasteiger partial charge in [-0.2, -0.15) is 13.2 Å². The van der Waals surface area contributed by atoms with Crippen LogP contribution in [0.1, 0.15) is 19.3 Å². The minimum absolute atomic E-state index is 0.0154. The van der Waals surface area contributed by atoms with Crippen LogP contribution in [0.15, 0.2) is 59.3 Å². The molecule has 0 fully saturated rings. The smallest absolute Gasteiger partial charge is 0.376 e. The van der Waals surface area contributed by atoms with E-state index >= 15 is 0 Å². The number of hydrogen-bond donors (Lipinski definition) is 0. The lowest BCUT2D eigenvalue weighted by molar-refractivity contribution is -0.0941. The predicted molar refractivity (Wildman–Crippen MR) is 73.3 cm³/mol. The molecule has 2 rings (SSSR count). The first-order chi connectivity index (χ1) is 9.43. The molecule has 108 valence electrons. The van der Waals surface area contributed by atoms with E-state index in [2.05, 4.69) is 13.2 Å². The molecule has 0 unspecified atom stereocenters. The predicted octanol–water partition coefficient (Wildman–Crippen LogP) is 4.65. The Morgan fingerprint density at radius 2 is 1.95 bits per heavy atom. The van der Waals surface area contributed by atoms with E-state index in [1.54, 1.807) is 6.08 Å². The van der Waals surface area contributed by atoms with Gasteiger partial charge in [-0.1, -0.05) is 31.4 Å². The maximum absolute atomic E-state index is 12.6. The molecule has 0 saturated heterocycles. The maximum Gasteiger partial charge on any atom is 0.412 e. The molecule has 1 aliphatic carbocycles. The van der Waals surface area contributed by atoms with E-state index in [-0.39, 0.29) is 6.42 Å². The minimum Gasteiger partial charge on any atom is -0.376 e. The zero-order valence-corrected chi connectivity index (χ0v) is 11.2. The highest BCUT2D eigenvalue weighted by Gasteiger charge is 2.34. The minimum atomic E-state index is -4.23. The van der Waals surface area contributed by atoms with Crippen LogP contribution in [0.3, 0.4) is 0 Å². The van der Waals surface area contributed by atoms with Crippen molar-refractivity contribution in [2.75, 3.05) is 13.2 Å².